The van der Waals surface area contributed by atoms with Gasteiger partial charge in [0.05, 0.1) is 11.4 Å². The first kappa shape index (κ1) is 30.8. The van der Waals surface area contributed by atoms with Gasteiger partial charge < -0.3 is 19.4 Å². The molecule has 0 atom stereocenters. The lowest BCUT2D eigenvalue weighted by Crippen LogP contribution is -2.26. The molecule has 10 nitrogen and oxygen atoms in total. The van der Waals surface area contributed by atoms with Crippen molar-refractivity contribution in [2.75, 3.05) is 11.5 Å². The minimum atomic E-state index is -1.22. The zero-order valence-electron chi connectivity index (χ0n) is 23.2. The number of ketones is 2. The Kier molecular flexibility index (Phi) is 11.1. The van der Waals surface area contributed by atoms with E-state index in [0.29, 0.717) is 35.4 Å². The molecule has 0 aliphatic rings. The minimum absolute atomic E-state index is 0.0328. The van der Waals surface area contributed by atoms with E-state index in [1.54, 1.807) is 61.9 Å². The normalized spacial score (nSPS) is 10.8. The quantitative estimate of drug-likeness (QED) is 0.0621. The van der Waals surface area contributed by atoms with Crippen molar-refractivity contribution in [2.45, 2.75) is 49.3 Å². The molecule has 2 aromatic carbocycles. The molecule has 12 heteroatoms. The molecule has 0 aliphatic heterocycles. The lowest BCUT2D eigenvalue weighted by Gasteiger charge is -2.03. The number of hydrogen-bond donors (Lipinski definition) is 2. The molecule has 2 N–H and O–H groups in total. The molecule has 0 fully saturated rings. The third kappa shape index (κ3) is 9.45. The highest BCUT2D eigenvalue weighted by atomic mass is 32.2. The summed E-state index contributed by atoms with van der Waals surface area (Å²) < 4.78 is 10.0. The summed E-state index contributed by atoms with van der Waals surface area (Å²) in [6.45, 7) is 3.09. The Morgan fingerprint density at radius 3 is 1.52 bits per heavy atom. The van der Waals surface area contributed by atoms with Gasteiger partial charge in [-0.15, -0.1) is 23.5 Å². The molecular formula is C30H30N4O6S2. The monoisotopic (exact) mass is 606 g/mol. The van der Waals surface area contributed by atoms with Gasteiger partial charge in [0, 0.05) is 33.3 Å². The molecule has 42 heavy (non-hydrogen) atoms. The third-order valence-electron chi connectivity index (χ3n) is 5.93. The number of hydrogen-bond acceptors (Lipinski definition) is 10. The molecule has 0 amide bonds. The minimum Gasteiger partial charge on any atom is -0.384 e. The Morgan fingerprint density at radius 1 is 0.690 bits per heavy atom. The van der Waals surface area contributed by atoms with Gasteiger partial charge in [0.2, 0.25) is 0 Å². The standard InChI is InChI=1S/C30H30N4O6S2/c1-19(35)21-7-3-11-25(15-21)41-13-5-9-23-17-31-29(33-23)39-27(37)28(38)40-30-32-18-24(34-30)10-6-14-42-26-12-4-8-22(16-26)20(2)36/h3-4,7-8,11-12,15-18H,5-6,9-10,13-14H2,1-2H3,(H,31,33)(H,32,34). The van der Waals surface area contributed by atoms with Crippen LogP contribution in [-0.4, -0.2) is 54.9 Å². The number of carbonyl (C=O) groups is 4. The molecule has 0 saturated heterocycles. The van der Waals surface area contributed by atoms with Gasteiger partial charge in [-0.2, -0.15) is 0 Å². The number of nitrogens with one attached hydrogen (secondary N) is 2. The van der Waals surface area contributed by atoms with Crippen LogP contribution in [0.5, 0.6) is 12.0 Å². The second-order valence-corrected chi connectivity index (χ2v) is 11.6. The number of benzene rings is 2. The van der Waals surface area contributed by atoms with Gasteiger partial charge in [-0.25, -0.2) is 19.6 Å². The first-order valence-corrected chi connectivity index (χ1v) is 15.2. The van der Waals surface area contributed by atoms with Gasteiger partial charge in [-0.3, -0.25) is 9.59 Å². The topological polar surface area (TPSA) is 144 Å². The van der Waals surface area contributed by atoms with Crippen LogP contribution in [0, 0.1) is 0 Å². The van der Waals surface area contributed by atoms with E-state index in [4.69, 9.17) is 9.47 Å². The van der Waals surface area contributed by atoms with Crippen molar-refractivity contribution in [1.29, 1.82) is 0 Å². The maximum Gasteiger partial charge on any atom is 0.425 e. The van der Waals surface area contributed by atoms with Crippen molar-refractivity contribution in [2.24, 2.45) is 0 Å². The fourth-order valence-electron chi connectivity index (χ4n) is 3.80. The van der Waals surface area contributed by atoms with E-state index in [1.165, 1.54) is 0 Å². The Morgan fingerprint density at radius 2 is 1.12 bits per heavy atom. The van der Waals surface area contributed by atoms with Crippen molar-refractivity contribution < 1.29 is 28.7 Å². The predicted octanol–water partition coefficient (Wildman–Crippen LogP) is 5.50. The summed E-state index contributed by atoms with van der Waals surface area (Å²) in [7, 11) is 0. The number of H-pyrrole nitrogens is 2. The van der Waals surface area contributed by atoms with Crippen LogP contribution in [0.15, 0.2) is 70.7 Å². The first-order chi connectivity index (χ1) is 20.3. The molecule has 4 rings (SSSR count). The number of imidazole rings is 2. The number of rotatable bonds is 14. The van der Waals surface area contributed by atoms with Gasteiger partial charge in [-0.1, -0.05) is 24.3 Å². The second kappa shape index (κ2) is 15.2. The predicted molar refractivity (Wildman–Crippen MR) is 159 cm³/mol. The summed E-state index contributed by atoms with van der Waals surface area (Å²) in [6, 6.07) is 14.8. The molecular weight excluding hydrogens is 576 g/mol. The molecule has 2 aromatic heterocycles. The molecule has 218 valence electrons. The Labute approximate surface area is 251 Å². The van der Waals surface area contributed by atoms with Crippen LogP contribution in [0.1, 0.15) is 58.8 Å². The number of carbonyl (C=O) groups excluding carboxylic acids is 4. The molecule has 0 saturated carbocycles. The summed E-state index contributed by atoms with van der Waals surface area (Å²) in [6.07, 6.45) is 6.12. The molecule has 4 aromatic rings. The molecule has 0 aliphatic carbocycles. The van der Waals surface area contributed by atoms with Crippen LogP contribution < -0.4 is 9.47 Å². The van der Waals surface area contributed by atoms with Crippen molar-refractivity contribution in [3.05, 3.63) is 83.4 Å². The zero-order chi connectivity index (χ0) is 29.9. The average Bonchev–Trinajstić information content (AvgIpc) is 3.62. The lowest BCUT2D eigenvalue weighted by molar-refractivity contribution is -0.156. The number of esters is 2. The Balaban J connectivity index is 1.14. The van der Waals surface area contributed by atoms with Gasteiger partial charge in [0.15, 0.2) is 11.6 Å². The van der Waals surface area contributed by atoms with Crippen LogP contribution >= 0.6 is 23.5 Å². The van der Waals surface area contributed by atoms with E-state index in [0.717, 1.165) is 34.1 Å². The van der Waals surface area contributed by atoms with E-state index in [9.17, 15) is 19.2 Å². The van der Waals surface area contributed by atoms with E-state index in [1.807, 2.05) is 36.4 Å². The number of thioether (sulfide) groups is 2. The maximum atomic E-state index is 12.2. The van der Waals surface area contributed by atoms with Gasteiger partial charge in [0.25, 0.3) is 0 Å². The van der Waals surface area contributed by atoms with Crippen molar-refractivity contribution in [3.8, 4) is 12.0 Å². The molecule has 0 spiro atoms. The summed E-state index contributed by atoms with van der Waals surface area (Å²) >= 11 is 3.29. The summed E-state index contributed by atoms with van der Waals surface area (Å²) in [4.78, 5) is 63.4. The van der Waals surface area contributed by atoms with Crippen LogP contribution in [0.3, 0.4) is 0 Å². The second-order valence-electron chi connectivity index (χ2n) is 9.25. The number of aryl methyl sites for hydroxylation is 2. The average molecular weight is 607 g/mol. The molecule has 0 bridgehead atoms. The zero-order valence-corrected chi connectivity index (χ0v) is 24.8. The number of aromatic amines is 2. The highest BCUT2D eigenvalue weighted by molar-refractivity contribution is 7.99. The fraction of sp³-hybridized carbons (Fsp3) is 0.267. The van der Waals surface area contributed by atoms with Crippen molar-refractivity contribution in [1.82, 2.24) is 19.9 Å². The van der Waals surface area contributed by atoms with Gasteiger partial charge >= 0.3 is 24.0 Å². The van der Waals surface area contributed by atoms with E-state index < -0.39 is 11.9 Å². The fourth-order valence-corrected chi connectivity index (χ4v) is 5.62. The van der Waals surface area contributed by atoms with Crippen LogP contribution in [0.25, 0.3) is 0 Å². The Bertz CT molecular complexity index is 1450. The first-order valence-electron chi connectivity index (χ1n) is 13.3. The van der Waals surface area contributed by atoms with Crippen LogP contribution in [-0.2, 0) is 22.4 Å². The van der Waals surface area contributed by atoms with E-state index in [2.05, 4.69) is 19.9 Å². The number of nitrogens with zero attached hydrogens (tertiary/aromatic N) is 2. The van der Waals surface area contributed by atoms with Crippen molar-refractivity contribution in [3.63, 3.8) is 0 Å². The SMILES string of the molecule is CC(=O)c1cccc(SCCCc2c[nH]c(OC(=O)C(=O)Oc3nc(CCCSc4cccc(C(C)=O)c4)c[nH]3)n2)c1. The highest BCUT2D eigenvalue weighted by Gasteiger charge is 2.22. The molecule has 2 heterocycles. The van der Waals surface area contributed by atoms with Gasteiger partial charge in [-0.05, 0) is 75.3 Å². The number of aromatic nitrogens is 4. The Hall–Kier alpha value is -4.16. The summed E-state index contributed by atoms with van der Waals surface area (Å²) in [5.41, 5.74) is 2.74. The van der Waals surface area contributed by atoms with Gasteiger partial charge in [0.1, 0.15) is 0 Å². The summed E-state index contributed by atoms with van der Waals surface area (Å²) in [5.74, 6) is -0.753. The van der Waals surface area contributed by atoms with E-state index in [-0.39, 0.29) is 23.6 Å². The number of Topliss-reactive ketones (excluding diaryl/α,β-unsaturated/α-hetero) is 2. The molecule has 0 radical (unpaired) electrons. The lowest BCUT2D eigenvalue weighted by atomic mass is 10.2. The van der Waals surface area contributed by atoms with Crippen LogP contribution in [0.2, 0.25) is 0 Å². The summed E-state index contributed by atoms with van der Waals surface area (Å²) in [5, 5.41) is 0. The van der Waals surface area contributed by atoms with Crippen molar-refractivity contribution >= 4 is 47.0 Å². The third-order valence-corrected chi connectivity index (χ3v) is 8.09. The van der Waals surface area contributed by atoms with Crippen LogP contribution in [0.4, 0.5) is 0 Å². The van der Waals surface area contributed by atoms with E-state index >= 15 is 0 Å². The smallest absolute Gasteiger partial charge is 0.384 e. The molecule has 0 unspecified atom stereocenters. The number of ether oxygens (including phenoxy) is 2. The highest BCUT2D eigenvalue weighted by Crippen LogP contribution is 2.22. The maximum absolute atomic E-state index is 12.2. The largest absolute Gasteiger partial charge is 0.425 e.